The van der Waals surface area contributed by atoms with E-state index in [2.05, 4.69) is 20.3 Å². The van der Waals surface area contributed by atoms with Crippen LogP contribution in [0.4, 0.5) is 16.2 Å². The molecule has 3 aromatic heterocycles. The summed E-state index contributed by atoms with van der Waals surface area (Å²) in [6.07, 6.45) is 5.18. The first-order valence-corrected chi connectivity index (χ1v) is 7.57. The maximum Gasteiger partial charge on any atom is 0.209 e. The zero-order chi connectivity index (χ0) is 17.4. The predicted molar refractivity (Wildman–Crippen MR) is 90.8 cm³/mol. The average molecular weight is 338 g/mol. The van der Waals surface area contributed by atoms with Gasteiger partial charge in [0.15, 0.2) is 5.65 Å². The molecule has 0 spiro atoms. The van der Waals surface area contributed by atoms with Gasteiger partial charge < -0.3 is 10.6 Å². The van der Waals surface area contributed by atoms with Crippen LogP contribution in [0.1, 0.15) is 5.56 Å². The van der Waals surface area contributed by atoms with E-state index >= 15 is 0 Å². The zero-order valence-electron chi connectivity index (χ0n) is 13.4. The second-order valence-corrected chi connectivity index (χ2v) is 5.66. The van der Waals surface area contributed by atoms with Crippen molar-refractivity contribution in [3.63, 3.8) is 0 Å². The van der Waals surface area contributed by atoms with E-state index in [0.29, 0.717) is 24.0 Å². The minimum Gasteiger partial charge on any atom is -0.369 e. The topological polar surface area (TPSA) is 90.2 Å². The van der Waals surface area contributed by atoms with Crippen LogP contribution >= 0.6 is 0 Å². The van der Waals surface area contributed by atoms with Crippen LogP contribution in [0, 0.1) is 5.82 Å². The smallest absolute Gasteiger partial charge is 0.209 e. The Morgan fingerprint density at radius 1 is 1.24 bits per heavy atom. The third kappa shape index (κ3) is 2.87. The molecule has 25 heavy (non-hydrogen) atoms. The first-order chi connectivity index (χ1) is 12.1. The van der Waals surface area contributed by atoms with Gasteiger partial charge in [0.25, 0.3) is 0 Å². The predicted octanol–water partition coefficient (Wildman–Crippen LogP) is 1.67. The van der Waals surface area contributed by atoms with Crippen LogP contribution in [0.3, 0.4) is 0 Å². The van der Waals surface area contributed by atoms with Gasteiger partial charge in [0.05, 0.1) is 11.9 Å². The van der Waals surface area contributed by atoms with E-state index in [1.165, 1.54) is 18.5 Å². The lowest BCUT2D eigenvalue weighted by Crippen LogP contribution is -2.18. The molecular formula is C16H15FN8. The first-order valence-electron chi connectivity index (χ1n) is 7.57. The lowest BCUT2D eigenvalue weighted by Gasteiger charge is -2.17. The van der Waals surface area contributed by atoms with Gasteiger partial charge in [0.1, 0.15) is 18.0 Å². The van der Waals surface area contributed by atoms with E-state index in [0.717, 1.165) is 11.3 Å². The summed E-state index contributed by atoms with van der Waals surface area (Å²) < 4.78 is 16.3. The number of nitrogen functional groups attached to an aromatic ring is 1. The second-order valence-electron chi connectivity index (χ2n) is 5.66. The van der Waals surface area contributed by atoms with Crippen molar-refractivity contribution in [2.24, 2.45) is 0 Å². The third-order valence-electron chi connectivity index (χ3n) is 3.85. The van der Waals surface area contributed by atoms with Crippen LogP contribution in [0.15, 0.2) is 49.1 Å². The highest BCUT2D eigenvalue weighted by Gasteiger charge is 2.10. The van der Waals surface area contributed by atoms with Gasteiger partial charge in [-0.15, -0.1) is 10.2 Å². The Labute approximate surface area is 142 Å². The van der Waals surface area contributed by atoms with Crippen molar-refractivity contribution in [2.75, 3.05) is 17.7 Å². The highest BCUT2D eigenvalue weighted by molar-refractivity contribution is 5.54. The quantitative estimate of drug-likeness (QED) is 0.609. The number of hydrogen-bond donors (Lipinski definition) is 1. The molecule has 0 bridgehead atoms. The summed E-state index contributed by atoms with van der Waals surface area (Å²) in [7, 11) is 1.91. The molecule has 0 amide bonds. The number of benzene rings is 1. The molecule has 0 atom stereocenters. The van der Waals surface area contributed by atoms with Crippen LogP contribution in [-0.4, -0.2) is 36.4 Å². The average Bonchev–Trinajstić information content (AvgIpc) is 3.25. The van der Waals surface area contributed by atoms with Gasteiger partial charge in [-0.05, 0) is 24.3 Å². The maximum absolute atomic E-state index is 13.0. The Hall–Kier alpha value is -3.49. The summed E-state index contributed by atoms with van der Waals surface area (Å²) in [5.41, 5.74) is 8.33. The lowest BCUT2D eigenvalue weighted by atomic mass is 10.3. The molecule has 3 heterocycles. The van der Waals surface area contributed by atoms with Crippen molar-refractivity contribution in [3.8, 4) is 5.69 Å². The summed E-state index contributed by atoms with van der Waals surface area (Å²) >= 11 is 0. The van der Waals surface area contributed by atoms with Crippen molar-refractivity contribution in [1.29, 1.82) is 0 Å². The molecule has 2 N–H and O–H groups in total. The summed E-state index contributed by atoms with van der Waals surface area (Å²) in [6.45, 7) is 0.581. The summed E-state index contributed by atoms with van der Waals surface area (Å²) in [6, 6.07) is 7.98. The molecule has 4 aromatic rings. The Morgan fingerprint density at radius 2 is 2.04 bits per heavy atom. The van der Waals surface area contributed by atoms with E-state index in [4.69, 9.17) is 5.73 Å². The van der Waals surface area contributed by atoms with E-state index in [9.17, 15) is 4.39 Å². The Balaban J connectivity index is 1.56. The van der Waals surface area contributed by atoms with Crippen molar-refractivity contribution < 1.29 is 4.39 Å². The number of fused-ring (bicyclic) bond motifs is 1. The number of hydrogen-bond acceptors (Lipinski definition) is 6. The molecule has 1 aromatic carbocycles. The number of nitrogens with zero attached hydrogens (tertiary/aromatic N) is 7. The molecule has 0 radical (unpaired) electrons. The number of rotatable bonds is 4. The van der Waals surface area contributed by atoms with Crippen molar-refractivity contribution >= 4 is 17.4 Å². The van der Waals surface area contributed by atoms with E-state index in [1.54, 1.807) is 27.4 Å². The zero-order valence-corrected chi connectivity index (χ0v) is 13.4. The lowest BCUT2D eigenvalue weighted by molar-refractivity contribution is 0.627. The highest BCUT2D eigenvalue weighted by Crippen LogP contribution is 2.17. The number of nitrogens with two attached hydrogens (primary N) is 1. The van der Waals surface area contributed by atoms with E-state index < -0.39 is 0 Å². The third-order valence-corrected chi connectivity index (χ3v) is 3.85. The van der Waals surface area contributed by atoms with Crippen LogP contribution in [0.2, 0.25) is 0 Å². The van der Waals surface area contributed by atoms with Crippen LogP contribution < -0.4 is 10.6 Å². The molecular weight excluding hydrogens is 323 g/mol. The molecule has 4 rings (SSSR count). The van der Waals surface area contributed by atoms with E-state index in [-0.39, 0.29) is 5.82 Å². The van der Waals surface area contributed by atoms with Crippen LogP contribution in [0.25, 0.3) is 11.3 Å². The Bertz CT molecular complexity index is 1020. The standard InChI is InChI=1S/C16H15FN8/c1-23(14-6-15-22-19-10-24(15)16(18)21-14)8-11-7-20-25(9-11)13-4-2-12(17)3-5-13/h2-7,9-10H,8H2,1H3,(H2,18,21). The monoisotopic (exact) mass is 338 g/mol. The van der Waals surface area contributed by atoms with Gasteiger partial charge in [-0.2, -0.15) is 10.1 Å². The van der Waals surface area contributed by atoms with E-state index in [1.807, 2.05) is 24.2 Å². The number of anilines is 2. The molecule has 0 aliphatic heterocycles. The number of aromatic nitrogens is 6. The van der Waals surface area contributed by atoms with Gasteiger partial charge in [-0.25, -0.2) is 9.07 Å². The minimum atomic E-state index is -0.275. The summed E-state index contributed by atoms with van der Waals surface area (Å²) in [4.78, 5) is 6.30. The molecule has 126 valence electrons. The van der Waals surface area contributed by atoms with Gasteiger partial charge in [0.2, 0.25) is 5.95 Å². The van der Waals surface area contributed by atoms with Gasteiger partial charge in [0, 0.05) is 31.4 Å². The van der Waals surface area contributed by atoms with Crippen LogP contribution in [-0.2, 0) is 6.54 Å². The second kappa shape index (κ2) is 5.86. The molecule has 0 aliphatic rings. The minimum absolute atomic E-state index is 0.275. The molecule has 0 aliphatic carbocycles. The molecule has 0 saturated heterocycles. The highest BCUT2D eigenvalue weighted by atomic mass is 19.1. The number of halogens is 1. The molecule has 8 nitrogen and oxygen atoms in total. The fourth-order valence-electron chi connectivity index (χ4n) is 2.57. The largest absolute Gasteiger partial charge is 0.369 e. The van der Waals surface area contributed by atoms with Crippen molar-refractivity contribution in [3.05, 3.63) is 60.4 Å². The van der Waals surface area contributed by atoms with Crippen LogP contribution in [0.5, 0.6) is 0 Å². The van der Waals surface area contributed by atoms with Crippen molar-refractivity contribution in [2.45, 2.75) is 6.54 Å². The van der Waals surface area contributed by atoms with Crippen molar-refractivity contribution in [1.82, 2.24) is 29.4 Å². The molecule has 0 unspecified atom stereocenters. The Kier molecular flexibility index (Phi) is 3.53. The first kappa shape index (κ1) is 15.1. The fourth-order valence-corrected chi connectivity index (χ4v) is 2.57. The van der Waals surface area contributed by atoms with Gasteiger partial charge in [-0.3, -0.25) is 4.40 Å². The van der Waals surface area contributed by atoms with Gasteiger partial charge in [-0.1, -0.05) is 0 Å². The molecule has 0 fully saturated rings. The summed E-state index contributed by atoms with van der Waals surface area (Å²) in [5, 5.41) is 12.1. The summed E-state index contributed by atoms with van der Waals surface area (Å²) in [5.74, 6) is 0.738. The normalized spacial score (nSPS) is 11.1. The maximum atomic E-state index is 13.0. The Morgan fingerprint density at radius 3 is 2.84 bits per heavy atom. The molecule has 9 heteroatoms. The fraction of sp³-hybridized carbons (Fsp3) is 0.125. The molecule has 0 saturated carbocycles. The van der Waals surface area contributed by atoms with Gasteiger partial charge >= 0.3 is 0 Å². The SMILES string of the molecule is CN(Cc1cnn(-c2ccc(F)cc2)c1)c1cc2nncn2c(N)n1.